The first kappa shape index (κ1) is 35.3. The molecule has 0 aromatic carbocycles. The highest BCUT2D eigenvalue weighted by atomic mass is 32.2. The summed E-state index contributed by atoms with van der Waals surface area (Å²) in [7, 11) is -4.02. The van der Waals surface area contributed by atoms with Crippen molar-refractivity contribution in [2.75, 3.05) is 48.3 Å². The molecule has 4 aromatic heterocycles. The van der Waals surface area contributed by atoms with E-state index in [1.54, 1.807) is 11.5 Å². The predicted molar refractivity (Wildman–Crippen MR) is 178 cm³/mol. The van der Waals surface area contributed by atoms with E-state index in [4.69, 9.17) is 40.5 Å². The van der Waals surface area contributed by atoms with Gasteiger partial charge in [-0.1, -0.05) is 0 Å². The summed E-state index contributed by atoms with van der Waals surface area (Å²) in [5.74, 6) is -0.747. The third kappa shape index (κ3) is 8.09. The number of fused-ring (bicyclic) bond motifs is 1. The Balaban J connectivity index is 1.10. The van der Waals surface area contributed by atoms with Gasteiger partial charge in [0.15, 0.2) is 23.1 Å². The van der Waals surface area contributed by atoms with Crippen LogP contribution in [0.3, 0.4) is 0 Å². The molecule has 6 heterocycles. The van der Waals surface area contributed by atoms with Crippen LogP contribution in [0.25, 0.3) is 11.2 Å². The van der Waals surface area contributed by atoms with E-state index in [1.165, 1.54) is 36.2 Å². The van der Waals surface area contributed by atoms with Gasteiger partial charge in [-0.3, -0.25) is 23.3 Å². The molecule has 5 atom stereocenters. The molecule has 0 bridgehead atoms. The fraction of sp³-hybridized carbons (Fsp3) is 0.444. The van der Waals surface area contributed by atoms with Gasteiger partial charge in [-0.05, 0) is 6.92 Å². The van der Waals surface area contributed by atoms with Gasteiger partial charge in [-0.15, -0.1) is 23.5 Å². The number of nitrogen functional groups attached to an aromatic ring is 3. The van der Waals surface area contributed by atoms with Gasteiger partial charge in [0, 0.05) is 36.0 Å². The van der Waals surface area contributed by atoms with Crippen LogP contribution in [-0.4, -0.2) is 76.7 Å². The van der Waals surface area contributed by atoms with Crippen LogP contribution in [0.15, 0.2) is 46.8 Å². The number of hydrogen-bond donors (Lipinski definition) is 3. The quantitative estimate of drug-likeness (QED) is 0.167. The molecule has 4 aromatic rings. The fourth-order valence-electron chi connectivity index (χ4n) is 4.92. The van der Waals surface area contributed by atoms with Gasteiger partial charge in [-0.25, -0.2) is 23.7 Å². The first-order valence-corrected chi connectivity index (χ1v) is 18.5. The Hall–Kier alpha value is -3.56. The average Bonchev–Trinajstić information content (AvgIpc) is 3.83. The second-order valence-electron chi connectivity index (χ2n) is 11.0. The number of ether oxygens (including phenoxy) is 3. The molecule has 2 aliphatic rings. The van der Waals surface area contributed by atoms with Gasteiger partial charge < -0.3 is 45.0 Å². The third-order valence-corrected chi connectivity index (χ3v) is 11.2. The molecule has 17 nitrogen and oxygen atoms in total. The van der Waals surface area contributed by atoms with Crippen molar-refractivity contribution in [2.24, 2.45) is 0 Å². The van der Waals surface area contributed by atoms with Crippen LogP contribution in [-0.2, 0) is 34.4 Å². The molecule has 2 fully saturated rings. The molecule has 0 amide bonds. The molecule has 0 unspecified atom stereocenters. The predicted octanol–water partition coefficient (Wildman–Crippen LogP) is 2.34. The Morgan fingerprint density at radius 2 is 1.49 bits per heavy atom. The van der Waals surface area contributed by atoms with Crippen molar-refractivity contribution in [1.29, 1.82) is 0 Å². The first-order chi connectivity index (χ1) is 23.4. The van der Waals surface area contributed by atoms with Crippen LogP contribution in [0.2, 0.25) is 0 Å². The van der Waals surface area contributed by atoms with Crippen LogP contribution in [0.5, 0.6) is 0 Å². The Bertz CT molecular complexity index is 1910. The lowest BCUT2D eigenvalue weighted by atomic mass is 10.4. The highest BCUT2D eigenvalue weighted by Gasteiger charge is 2.36. The summed E-state index contributed by atoms with van der Waals surface area (Å²) in [5, 5.41) is 0. The Kier molecular flexibility index (Phi) is 10.6. The number of anilines is 3. The van der Waals surface area contributed by atoms with E-state index in [-0.39, 0.29) is 48.5 Å². The molecule has 2 aliphatic heterocycles. The minimum Gasteiger partial charge on any atom is -0.396 e. The van der Waals surface area contributed by atoms with Crippen molar-refractivity contribution in [1.82, 2.24) is 28.7 Å². The second kappa shape index (κ2) is 14.7. The minimum absolute atomic E-state index is 0.227. The third-order valence-electron chi connectivity index (χ3n) is 7.43. The molecular weight excluding hydrogens is 711 g/mol. The van der Waals surface area contributed by atoms with E-state index < -0.39 is 66.1 Å². The van der Waals surface area contributed by atoms with Crippen molar-refractivity contribution >= 4 is 59.5 Å². The van der Waals surface area contributed by atoms with Gasteiger partial charge >= 0.3 is 7.60 Å². The van der Waals surface area contributed by atoms with Crippen molar-refractivity contribution in [2.45, 2.75) is 42.9 Å². The molecule has 0 aliphatic carbocycles. The van der Waals surface area contributed by atoms with Crippen LogP contribution in [0.1, 0.15) is 19.4 Å². The summed E-state index contributed by atoms with van der Waals surface area (Å²) in [6, 6.07) is 1.94. The minimum atomic E-state index is -4.02. The van der Waals surface area contributed by atoms with E-state index in [0.717, 1.165) is 33.7 Å². The van der Waals surface area contributed by atoms with Crippen molar-refractivity contribution in [3.63, 3.8) is 0 Å². The lowest BCUT2D eigenvalue weighted by Crippen LogP contribution is -2.27. The van der Waals surface area contributed by atoms with E-state index in [2.05, 4.69) is 15.0 Å². The zero-order valence-electron chi connectivity index (χ0n) is 25.8. The van der Waals surface area contributed by atoms with E-state index >= 15 is 0 Å². The number of aromatic nitrogens is 6. The monoisotopic (exact) mass is 743 g/mol. The summed E-state index contributed by atoms with van der Waals surface area (Å²) in [6.45, 7) is 1.55. The fourth-order valence-corrected chi connectivity index (χ4v) is 8.48. The molecule has 0 saturated carbocycles. The van der Waals surface area contributed by atoms with Gasteiger partial charge in [0.2, 0.25) is 0 Å². The lowest BCUT2D eigenvalue weighted by Gasteiger charge is -2.24. The summed E-state index contributed by atoms with van der Waals surface area (Å²) >= 11 is 2.54. The normalized spacial score (nSPS) is 21.9. The molecule has 264 valence electrons. The second-order valence-corrected chi connectivity index (χ2v) is 15.4. The molecule has 2 saturated heterocycles. The van der Waals surface area contributed by atoms with Crippen LogP contribution < -0.4 is 28.3 Å². The first-order valence-electron chi connectivity index (χ1n) is 14.7. The number of rotatable bonds is 13. The maximum Gasteiger partial charge on any atom is 0.356 e. The van der Waals surface area contributed by atoms with Gasteiger partial charge in [-0.2, -0.15) is 0 Å². The van der Waals surface area contributed by atoms with Crippen LogP contribution in [0, 0.1) is 11.6 Å². The van der Waals surface area contributed by atoms with Crippen LogP contribution >= 0.6 is 31.1 Å². The number of hydrogen-bond acceptors (Lipinski definition) is 16. The molecule has 6 rings (SSSR count). The molecule has 0 radical (unpaired) electrons. The number of pyridine rings is 2. The summed E-state index contributed by atoms with van der Waals surface area (Å²) < 4.78 is 75.4. The van der Waals surface area contributed by atoms with Gasteiger partial charge in [0.1, 0.15) is 41.5 Å². The Labute approximate surface area is 284 Å². The van der Waals surface area contributed by atoms with E-state index in [1.807, 2.05) is 0 Å². The number of imidazole rings is 1. The summed E-state index contributed by atoms with van der Waals surface area (Å²) in [4.78, 5) is 37.1. The maximum atomic E-state index is 14.1. The largest absolute Gasteiger partial charge is 0.396 e. The van der Waals surface area contributed by atoms with Crippen molar-refractivity contribution in [3.8, 4) is 0 Å². The molecule has 6 N–H and O–H groups in total. The Morgan fingerprint density at radius 1 is 0.939 bits per heavy atom. The topological polar surface area (TPSA) is 229 Å². The zero-order valence-corrected chi connectivity index (χ0v) is 28.3. The molecule has 49 heavy (non-hydrogen) atoms. The zero-order chi connectivity index (χ0) is 34.9. The van der Waals surface area contributed by atoms with Crippen molar-refractivity contribution < 1.29 is 36.6 Å². The summed E-state index contributed by atoms with van der Waals surface area (Å²) in [6.07, 6.45) is 2.16. The Morgan fingerprint density at radius 3 is 2.04 bits per heavy atom. The van der Waals surface area contributed by atoms with E-state index in [9.17, 15) is 22.9 Å². The average molecular weight is 744 g/mol. The van der Waals surface area contributed by atoms with Crippen LogP contribution in [0.4, 0.5) is 26.0 Å². The number of halogens is 2. The molecule has 22 heteroatoms. The SMILES string of the molecule is C[C@H](Cn1cnc2c(N)ncnc21)OCP(=O)(OC[C@@H]1O[C@H](n2cc(F)c(N)cc2=O)CS1)OC[C@@H]1O[C@H](n2cc(F)c(N)cc2=O)CS1. The highest BCUT2D eigenvalue weighted by molar-refractivity contribution is 8.00. The highest BCUT2D eigenvalue weighted by Crippen LogP contribution is 2.50. The van der Waals surface area contributed by atoms with Crippen molar-refractivity contribution in [3.05, 3.63) is 69.5 Å². The lowest BCUT2D eigenvalue weighted by molar-refractivity contribution is -0.0175. The number of nitrogens with zero attached hydrogens (tertiary/aromatic N) is 6. The van der Waals surface area contributed by atoms with Gasteiger partial charge in [0.05, 0.1) is 43.6 Å². The smallest absolute Gasteiger partial charge is 0.356 e. The van der Waals surface area contributed by atoms with Gasteiger partial charge in [0.25, 0.3) is 11.1 Å². The number of thioether (sulfide) groups is 2. The maximum absolute atomic E-state index is 14.1. The standard InChI is InChI=1S/C27H32F2N9O8PS2/c1-14(4-36-12-35-25-26(32)33-11-34-27(25)36)42-13-47(41,43-7-23-45-21(9-48-23)37-5-15(28)17(30)2-19(37)39)44-8-24-46-22(10-49-24)38-6-16(29)18(31)3-20(38)40/h2-3,5-6,11-12,14,21-24H,4,7-10,13,30-31H2,1H3,(H2,32,33,34)/t14-,21+,22+,23-,24-/m1/s1. The molecular formula is C27H32F2N9O8PS2. The number of nitrogens with two attached hydrogens (primary N) is 3. The molecule has 0 spiro atoms. The summed E-state index contributed by atoms with van der Waals surface area (Å²) in [5.41, 5.74) is 14.8. The van der Waals surface area contributed by atoms with E-state index in [0.29, 0.717) is 11.2 Å².